The van der Waals surface area contributed by atoms with E-state index in [0.29, 0.717) is 28.5 Å². The minimum atomic E-state index is -3.71. The molecule has 7 nitrogen and oxygen atoms in total. The molecule has 9 heteroatoms. The molecule has 0 radical (unpaired) electrons. The summed E-state index contributed by atoms with van der Waals surface area (Å²) >= 11 is 1.06. The Hall–Kier alpha value is -2.70. The van der Waals surface area contributed by atoms with Crippen molar-refractivity contribution in [2.75, 3.05) is 4.72 Å². The quantitative estimate of drug-likeness (QED) is 0.778. The molecule has 116 valence electrons. The molecule has 23 heavy (non-hydrogen) atoms. The number of aromatic nitrogens is 2. The Labute approximate surface area is 136 Å². The molecule has 3 rings (SSSR count). The maximum Gasteiger partial charge on any atom is 0.271 e. The van der Waals surface area contributed by atoms with Crippen LogP contribution in [0, 0.1) is 18.3 Å². The van der Waals surface area contributed by atoms with E-state index in [9.17, 15) is 8.42 Å². The first-order chi connectivity index (χ1) is 11.0. The average Bonchev–Trinajstić information content (AvgIpc) is 3.16. The highest BCUT2D eigenvalue weighted by Crippen LogP contribution is 2.28. The third kappa shape index (κ3) is 3.23. The highest BCUT2D eigenvalue weighted by Gasteiger charge is 2.19. The summed E-state index contributed by atoms with van der Waals surface area (Å²) in [7, 11) is -3.71. The van der Waals surface area contributed by atoms with Crippen LogP contribution in [0.25, 0.3) is 11.4 Å². The van der Waals surface area contributed by atoms with Crippen LogP contribution in [0.2, 0.25) is 0 Å². The fourth-order valence-corrected chi connectivity index (χ4v) is 4.03. The molecule has 0 atom stereocenters. The van der Waals surface area contributed by atoms with Gasteiger partial charge in [0.2, 0.25) is 11.7 Å². The van der Waals surface area contributed by atoms with E-state index in [4.69, 9.17) is 9.78 Å². The van der Waals surface area contributed by atoms with Crippen LogP contribution >= 0.6 is 11.3 Å². The zero-order valence-corrected chi connectivity index (χ0v) is 13.5. The average molecular weight is 346 g/mol. The van der Waals surface area contributed by atoms with E-state index in [0.717, 1.165) is 11.3 Å². The maximum atomic E-state index is 12.4. The van der Waals surface area contributed by atoms with Crippen molar-refractivity contribution in [1.82, 2.24) is 10.1 Å². The number of sulfonamides is 1. The molecular formula is C14H10N4O3S2. The molecule has 0 amide bonds. The summed E-state index contributed by atoms with van der Waals surface area (Å²) < 4.78 is 32.2. The van der Waals surface area contributed by atoms with Gasteiger partial charge in [0.15, 0.2) is 0 Å². The van der Waals surface area contributed by atoms with E-state index in [1.54, 1.807) is 24.4 Å². The number of nitriles is 1. The highest BCUT2D eigenvalue weighted by atomic mass is 32.2. The van der Waals surface area contributed by atoms with Crippen LogP contribution in [0.1, 0.15) is 11.5 Å². The first-order valence-electron chi connectivity index (χ1n) is 6.40. The van der Waals surface area contributed by atoms with E-state index >= 15 is 0 Å². The SMILES string of the molecule is Cc1nc(-c2csc(S(=O)(=O)Nc3ccc(C#N)cc3)c2)no1. The number of hydrogen-bond acceptors (Lipinski definition) is 7. The third-order valence-corrected chi connectivity index (χ3v) is 5.71. The van der Waals surface area contributed by atoms with Crippen LogP contribution < -0.4 is 4.72 Å². The second-order valence-electron chi connectivity index (χ2n) is 4.59. The Morgan fingerprint density at radius 2 is 2.04 bits per heavy atom. The van der Waals surface area contributed by atoms with Gasteiger partial charge in [0, 0.05) is 23.6 Å². The molecule has 2 aromatic heterocycles. The monoisotopic (exact) mass is 346 g/mol. The van der Waals surface area contributed by atoms with Gasteiger partial charge in [-0.3, -0.25) is 4.72 Å². The molecule has 0 aliphatic carbocycles. The number of hydrogen-bond donors (Lipinski definition) is 1. The normalized spacial score (nSPS) is 11.1. The van der Waals surface area contributed by atoms with Crippen molar-refractivity contribution < 1.29 is 12.9 Å². The maximum absolute atomic E-state index is 12.4. The molecule has 0 saturated carbocycles. The lowest BCUT2D eigenvalue weighted by Gasteiger charge is -2.05. The Morgan fingerprint density at radius 3 is 2.65 bits per heavy atom. The third-order valence-electron chi connectivity index (χ3n) is 2.89. The largest absolute Gasteiger partial charge is 0.339 e. The highest BCUT2D eigenvalue weighted by molar-refractivity contribution is 7.94. The molecule has 0 fully saturated rings. The lowest BCUT2D eigenvalue weighted by molar-refractivity contribution is 0.394. The summed E-state index contributed by atoms with van der Waals surface area (Å²) in [6.45, 7) is 1.66. The van der Waals surface area contributed by atoms with Crippen molar-refractivity contribution in [3.8, 4) is 17.5 Å². The fraction of sp³-hybridized carbons (Fsp3) is 0.0714. The van der Waals surface area contributed by atoms with E-state index in [-0.39, 0.29) is 4.21 Å². The molecule has 3 aromatic rings. The van der Waals surface area contributed by atoms with Crippen molar-refractivity contribution in [3.05, 3.63) is 47.2 Å². The van der Waals surface area contributed by atoms with Gasteiger partial charge in [0.1, 0.15) is 4.21 Å². The van der Waals surface area contributed by atoms with Gasteiger partial charge in [-0.1, -0.05) is 5.16 Å². The van der Waals surface area contributed by atoms with Gasteiger partial charge in [-0.05, 0) is 30.3 Å². The predicted octanol–water partition coefficient (Wildman–Crippen LogP) is 2.78. The van der Waals surface area contributed by atoms with Gasteiger partial charge in [0.25, 0.3) is 10.0 Å². The number of benzene rings is 1. The van der Waals surface area contributed by atoms with Crippen LogP contribution in [-0.2, 0) is 10.0 Å². The molecule has 2 heterocycles. The van der Waals surface area contributed by atoms with Gasteiger partial charge in [-0.2, -0.15) is 10.2 Å². The zero-order valence-electron chi connectivity index (χ0n) is 11.8. The van der Waals surface area contributed by atoms with Gasteiger partial charge in [-0.15, -0.1) is 11.3 Å². The van der Waals surface area contributed by atoms with E-state index in [1.807, 2.05) is 6.07 Å². The molecule has 0 aliphatic rings. The lowest BCUT2D eigenvalue weighted by atomic mass is 10.2. The molecule has 0 saturated heterocycles. The second kappa shape index (κ2) is 5.83. The second-order valence-corrected chi connectivity index (χ2v) is 7.41. The number of nitrogens with one attached hydrogen (secondary N) is 1. The van der Waals surface area contributed by atoms with Crippen LogP contribution in [0.3, 0.4) is 0 Å². The molecule has 0 unspecified atom stereocenters. The number of nitrogens with zero attached hydrogens (tertiary/aromatic N) is 3. The molecule has 1 aromatic carbocycles. The van der Waals surface area contributed by atoms with E-state index in [1.165, 1.54) is 18.2 Å². The van der Waals surface area contributed by atoms with Gasteiger partial charge >= 0.3 is 0 Å². The van der Waals surface area contributed by atoms with Crippen molar-refractivity contribution in [2.45, 2.75) is 11.1 Å². The Kier molecular flexibility index (Phi) is 3.85. The summed E-state index contributed by atoms with van der Waals surface area (Å²) in [4.78, 5) is 4.06. The number of thiophene rings is 1. The smallest absolute Gasteiger partial charge is 0.271 e. The number of anilines is 1. The van der Waals surface area contributed by atoms with Gasteiger partial charge in [-0.25, -0.2) is 8.42 Å². The topological polar surface area (TPSA) is 109 Å². The summed E-state index contributed by atoms with van der Waals surface area (Å²) in [5.74, 6) is 0.755. The van der Waals surface area contributed by atoms with Gasteiger partial charge in [0.05, 0.1) is 11.6 Å². The lowest BCUT2D eigenvalue weighted by Crippen LogP contribution is -2.11. The van der Waals surface area contributed by atoms with E-state index < -0.39 is 10.0 Å². The summed E-state index contributed by atoms with van der Waals surface area (Å²) in [5, 5.41) is 14.2. The predicted molar refractivity (Wildman–Crippen MR) is 84.3 cm³/mol. The van der Waals surface area contributed by atoms with E-state index in [2.05, 4.69) is 14.9 Å². The summed E-state index contributed by atoms with van der Waals surface area (Å²) in [5.41, 5.74) is 1.42. The summed E-state index contributed by atoms with van der Waals surface area (Å²) in [6.07, 6.45) is 0. The van der Waals surface area contributed by atoms with Crippen molar-refractivity contribution in [2.24, 2.45) is 0 Å². The first-order valence-corrected chi connectivity index (χ1v) is 8.76. The van der Waals surface area contributed by atoms with Crippen LogP contribution in [-0.4, -0.2) is 18.6 Å². The molecule has 0 aliphatic heterocycles. The Morgan fingerprint density at radius 1 is 1.30 bits per heavy atom. The zero-order chi connectivity index (χ0) is 16.4. The Balaban J connectivity index is 1.85. The van der Waals surface area contributed by atoms with Crippen LogP contribution in [0.4, 0.5) is 5.69 Å². The summed E-state index contributed by atoms with van der Waals surface area (Å²) in [6, 6.07) is 9.61. The van der Waals surface area contributed by atoms with Crippen molar-refractivity contribution in [3.63, 3.8) is 0 Å². The van der Waals surface area contributed by atoms with Crippen molar-refractivity contribution in [1.29, 1.82) is 5.26 Å². The van der Waals surface area contributed by atoms with Crippen LogP contribution in [0.5, 0.6) is 0 Å². The van der Waals surface area contributed by atoms with Gasteiger partial charge < -0.3 is 4.52 Å². The van der Waals surface area contributed by atoms with Crippen LogP contribution in [0.15, 0.2) is 44.4 Å². The minimum Gasteiger partial charge on any atom is -0.339 e. The number of aryl methyl sites for hydroxylation is 1. The Bertz CT molecular complexity index is 982. The standard InChI is InChI=1S/C14H10N4O3S2/c1-9-16-14(17-21-9)11-6-13(22-8-11)23(19,20)18-12-4-2-10(7-15)3-5-12/h2-6,8,18H,1H3. The first kappa shape index (κ1) is 15.2. The fourth-order valence-electron chi connectivity index (χ4n) is 1.81. The van der Waals surface area contributed by atoms with Crippen molar-refractivity contribution >= 4 is 27.0 Å². The molecular weight excluding hydrogens is 336 g/mol. The molecule has 0 bridgehead atoms. The molecule has 0 spiro atoms. The minimum absolute atomic E-state index is 0.138. The number of rotatable bonds is 4. The molecule has 1 N–H and O–H groups in total.